The van der Waals surface area contributed by atoms with Gasteiger partial charge in [-0.05, 0) is 25.0 Å². The highest BCUT2D eigenvalue weighted by atomic mass is 32.2. The summed E-state index contributed by atoms with van der Waals surface area (Å²) in [6, 6.07) is 7.69. The largest absolute Gasteiger partial charge is 0.377 e. The molecule has 114 valence electrons. The number of aryl methyl sites for hydroxylation is 1. The lowest BCUT2D eigenvalue weighted by atomic mass is 10.2. The van der Waals surface area contributed by atoms with Crippen molar-refractivity contribution in [1.29, 1.82) is 0 Å². The quantitative estimate of drug-likeness (QED) is 0.868. The van der Waals surface area contributed by atoms with Gasteiger partial charge in [0.25, 0.3) is 0 Å². The van der Waals surface area contributed by atoms with E-state index in [1.165, 1.54) is 0 Å². The number of sulfonamides is 1. The van der Waals surface area contributed by atoms with Gasteiger partial charge in [-0.1, -0.05) is 12.1 Å². The zero-order valence-electron chi connectivity index (χ0n) is 11.7. The van der Waals surface area contributed by atoms with Gasteiger partial charge in [-0.3, -0.25) is 0 Å². The van der Waals surface area contributed by atoms with Crippen LogP contribution in [0.25, 0.3) is 11.0 Å². The van der Waals surface area contributed by atoms with Crippen LogP contribution < -0.4 is 4.72 Å². The Balaban J connectivity index is 1.58. The first-order chi connectivity index (χ1) is 10.1. The van der Waals surface area contributed by atoms with E-state index in [0.29, 0.717) is 13.1 Å². The molecule has 1 aromatic carbocycles. The van der Waals surface area contributed by atoms with Crippen molar-refractivity contribution in [1.82, 2.24) is 14.3 Å². The molecular formula is C14H19N3O3S. The summed E-state index contributed by atoms with van der Waals surface area (Å²) in [6.07, 6.45) is 3.64. The lowest BCUT2D eigenvalue weighted by molar-refractivity contribution is 0.114. The van der Waals surface area contributed by atoms with Crippen molar-refractivity contribution in [3.63, 3.8) is 0 Å². The van der Waals surface area contributed by atoms with E-state index in [-0.39, 0.29) is 11.9 Å². The summed E-state index contributed by atoms with van der Waals surface area (Å²) in [4.78, 5) is 4.26. The summed E-state index contributed by atoms with van der Waals surface area (Å²) in [5.41, 5.74) is 1.83. The van der Waals surface area contributed by atoms with E-state index < -0.39 is 10.0 Å². The first-order valence-electron chi connectivity index (χ1n) is 7.13. The average Bonchev–Trinajstić information content (AvgIpc) is 3.13. The lowest BCUT2D eigenvalue weighted by Gasteiger charge is -2.11. The maximum atomic E-state index is 12.0. The van der Waals surface area contributed by atoms with E-state index in [1.807, 2.05) is 28.8 Å². The molecule has 0 radical (unpaired) electrons. The van der Waals surface area contributed by atoms with Crippen LogP contribution in [0, 0.1) is 0 Å². The Labute approximate surface area is 124 Å². The van der Waals surface area contributed by atoms with Crippen molar-refractivity contribution in [2.45, 2.75) is 25.5 Å². The minimum absolute atomic E-state index is 0.0221. The fourth-order valence-electron chi connectivity index (χ4n) is 2.50. The van der Waals surface area contributed by atoms with Gasteiger partial charge in [0.2, 0.25) is 10.0 Å². The van der Waals surface area contributed by atoms with Crippen LogP contribution in [0.1, 0.15) is 12.8 Å². The second-order valence-corrected chi connectivity index (χ2v) is 7.16. The highest BCUT2D eigenvalue weighted by molar-refractivity contribution is 7.89. The minimum Gasteiger partial charge on any atom is -0.377 e. The Bertz CT molecular complexity index is 705. The number of hydrogen-bond acceptors (Lipinski definition) is 4. The van der Waals surface area contributed by atoms with E-state index in [1.54, 1.807) is 6.33 Å². The molecule has 7 heteroatoms. The molecule has 0 amide bonds. The number of para-hydroxylation sites is 2. The molecule has 0 spiro atoms. The number of benzene rings is 1. The smallest absolute Gasteiger partial charge is 0.213 e. The number of hydrogen-bond donors (Lipinski definition) is 1. The Morgan fingerprint density at radius 3 is 3.05 bits per heavy atom. The van der Waals surface area contributed by atoms with Gasteiger partial charge in [-0.15, -0.1) is 0 Å². The van der Waals surface area contributed by atoms with Gasteiger partial charge in [0.05, 0.1) is 29.2 Å². The molecule has 1 atom stereocenters. The number of fused-ring (bicyclic) bond motifs is 1. The number of ether oxygens (including phenoxy) is 1. The molecule has 0 unspecified atom stereocenters. The summed E-state index contributed by atoms with van der Waals surface area (Å²) in [7, 11) is -3.29. The number of imidazole rings is 1. The highest BCUT2D eigenvalue weighted by Crippen LogP contribution is 2.12. The first-order valence-corrected chi connectivity index (χ1v) is 8.78. The molecule has 1 aliphatic heterocycles. The van der Waals surface area contributed by atoms with Gasteiger partial charge >= 0.3 is 0 Å². The van der Waals surface area contributed by atoms with Gasteiger partial charge in [0.1, 0.15) is 0 Å². The topological polar surface area (TPSA) is 73.2 Å². The fourth-order valence-corrected chi connectivity index (χ4v) is 3.53. The summed E-state index contributed by atoms with van der Waals surface area (Å²) in [5.74, 6) is 0.0417. The maximum absolute atomic E-state index is 12.0. The lowest BCUT2D eigenvalue weighted by Crippen LogP contribution is -2.34. The van der Waals surface area contributed by atoms with Crippen molar-refractivity contribution < 1.29 is 13.2 Å². The summed E-state index contributed by atoms with van der Waals surface area (Å²) < 4.78 is 33.9. The highest BCUT2D eigenvalue weighted by Gasteiger charge is 2.19. The second kappa shape index (κ2) is 6.13. The normalized spacial score (nSPS) is 19.3. The van der Waals surface area contributed by atoms with Gasteiger partial charge in [-0.2, -0.15) is 0 Å². The molecule has 0 bridgehead atoms. The van der Waals surface area contributed by atoms with Crippen LogP contribution >= 0.6 is 0 Å². The third-order valence-electron chi connectivity index (χ3n) is 3.68. The molecule has 21 heavy (non-hydrogen) atoms. The van der Waals surface area contributed by atoms with Crippen LogP contribution in [0.5, 0.6) is 0 Å². The molecule has 2 aromatic rings. The monoisotopic (exact) mass is 309 g/mol. The SMILES string of the molecule is O=S(=O)(CCn1cnc2ccccc21)NC[C@H]1CCCO1. The molecule has 1 N–H and O–H groups in total. The first kappa shape index (κ1) is 14.5. The van der Waals surface area contributed by atoms with Crippen molar-refractivity contribution in [3.05, 3.63) is 30.6 Å². The number of rotatable bonds is 6. The van der Waals surface area contributed by atoms with Crippen LogP contribution in [0.4, 0.5) is 0 Å². The number of aromatic nitrogens is 2. The molecule has 1 aliphatic rings. The van der Waals surface area contributed by atoms with Crippen molar-refractivity contribution in [3.8, 4) is 0 Å². The minimum atomic E-state index is -3.29. The van der Waals surface area contributed by atoms with E-state index >= 15 is 0 Å². The molecule has 1 saturated heterocycles. The average molecular weight is 309 g/mol. The fraction of sp³-hybridized carbons (Fsp3) is 0.500. The van der Waals surface area contributed by atoms with Gasteiger partial charge < -0.3 is 9.30 Å². The predicted molar refractivity (Wildman–Crippen MR) is 80.5 cm³/mol. The van der Waals surface area contributed by atoms with E-state index in [9.17, 15) is 8.42 Å². The third-order valence-corrected chi connectivity index (χ3v) is 5.01. The van der Waals surface area contributed by atoms with Crippen LogP contribution in [0.3, 0.4) is 0 Å². The van der Waals surface area contributed by atoms with Crippen molar-refractivity contribution in [2.75, 3.05) is 18.9 Å². The molecule has 2 heterocycles. The number of nitrogens with zero attached hydrogens (tertiary/aromatic N) is 2. The predicted octanol–water partition coefficient (Wildman–Crippen LogP) is 1.13. The Morgan fingerprint density at radius 1 is 1.38 bits per heavy atom. The summed E-state index contributed by atoms with van der Waals surface area (Å²) >= 11 is 0. The van der Waals surface area contributed by atoms with Gasteiger partial charge in [0.15, 0.2) is 0 Å². The van der Waals surface area contributed by atoms with E-state index in [2.05, 4.69) is 9.71 Å². The summed E-state index contributed by atoms with van der Waals surface area (Å²) in [5, 5.41) is 0. The second-order valence-electron chi connectivity index (χ2n) is 5.23. The van der Waals surface area contributed by atoms with Gasteiger partial charge in [-0.25, -0.2) is 18.1 Å². The van der Waals surface area contributed by atoms with Crippen LogP contribution in [0.2, 0.25) is 0 Å². The van der Waals surface area contributed by atoms with E-state index in [4.69, 9.17) is 4.74 Å². The van der Waals surface area contributed by atoms with Crippen LogP contribution in [-0.2, 0) is 21.3 Å². The van der Waals surface area contributed by atoms with E-state index in [0.717, 1.165) is 30.5 Å². The third kappa shape index (κ3) is 3.61. The van der Waals surface area contributed by atoms with Crippen LogP contribution in [-0.4, -0.2) is 43.0 Å². The zero-order valence-corrected chi connectivity index (χ0v) is 12.6. The Kier molecular flexibility index (Phi) is 4.23. The molecule has 0 saturated carbocycles. The standard InChI is InChI=1S/C14H19N3O3S/c18-21(19,16-10-12-4-3-8-20-12)9-7-17-11-15-13-5-1-2-6-14(13)17/h1-2,5-6,11-12,16H,3-4,7-10H2/t12-/m1/s1. The zero-order chi connectivity index (χ0) is 14.7. The van der Waals surface area contributed by atoms with Crippen LogP contribution in [0.15, 0.2) is 30.6 Å². The molecule has 0 aliphatic carbocycles. The molecule has 6 nitrogen and oxygen atoms in total. The Morgan fingerprint density at radius 2 is 2.24 bits per heavy atom. The van der Waals surface area contributed by atoms with Crippen molar-refractivity contribution in [2.24, 2.45) is 0 Å². The molecule has 1 fully saturated rings. The maximum Gasteiger partial charge on any atom is 0.213 e. The van der Waals surface area contributed by atoms with Gasteiger partial charge in [0, 0.05) is 19.7 Å². The summed E-state index contributed by atoms with van der Waals surface area (Å²) in [6.45, 7) is 1.49. The molecule has 1 aromatic heterocycles. The molecule has 3 rings (SSSR count). The Hall–Kier alpha value is -1.44. The van der Waals surface area contributed by atoms with Crippen molar-refractivity contribution >= 4 is 21.1 Å². The number of nitrogens with one attached hydrogen (secondary N) is 1. The molecular weight excluding hydrogens is 290 g/mol.